The Morgan fingerprint density at radius 2 is 1.64 bits per heavy atom. The van der Waals surface area contributed by atoms with E-state index in [0.717, 1.165) is 6.42 Å². The molecule has 0 amide bonds. The lowest BCUT2D eigenvalue weighted by Gasteiger charge is -2.11. The minimum absolute atomic E-state index is 0.143. The topological polar surface area (TPSA) is 64.6 Å². The van der Waals surface area contributed by atoms with Gasteiger partial charge in [0.05, 0.1) is 23.8 Å². The zero-order valence-electron chi connectivity index (χ0n) is 11.6. The number of benzene rings is 2. The van der Waals surface area contributed by atoms with Crippen LogP contribution in [0.3, 0.4) is 0 Å². The van der Waals surface area contributed by atoms with Gasteiger partial charge in [-0.1, -0.05) is 11.6 Å². The van der Waals surface area contributed by atoms with E-state index in [9.17, 15) is 8.42 Å². The lowest BCUT2D eigenvalue weighted by molar-refractivity contribution is 0.297. The molecule has 1 heterocycles. The molecular formula is C15H14ClNO4S. The van der Waals surface area contributed by atoms with Gasteiger partial charge in [0.2, 0.25) is 0 Å². The summed E-state index contributed by atoms with van der Waals surface area (Å²) in [4.78, 5) is 0.143. The number of halogens is 1. The normalized spacial score (nSPS) is 14.2. The van der Waals surface area contributed by atoms with E-state index in [1.807, 2.05) is 0 Å². The van der Waals surface area contributed by atoms with Crippen molar-refractivity contribution in [2.24, 2.45) is 0 Å². The molecule has 0 atom stereocenters. The molecule has 2 aromatic rings. The number of sulfonamides is 1. The highest BCUT2D eigenvalue weighted by Crippen LogP contribution is 2.33. The predicted molar refractivity (Wildman–Crippen MR) is 84.3 cm³/mol. The first-order valence-corrected chi connectivity index (χ1v) is 8.59. The van der Waals surface area contributed by atoms with Gasteiger partial charge in [0, 0.05) is 17.5 Å². The van der Waals surface area contributed by atoms with Crippen LogP contribution < -0.4 is 14.2 Å². The van der Waals surface area contributed by atoms with E-state index in [1.165, 1.54) is 24.3 Å². The van der Waals surface area contributed by atoms with Crippen molar-refractivity contribution in [1.29, 1.82) is 0 Å². The molecule has 1 N–H and O–H groups in total. The molecule has 0 bridgehead atoms. The third kappa shape index (κ3) is 3.28. The Balaban J connectivity index is 1.86. The number of rotatable bonds is 3. The van der Waals surface area contributed by atoms with Crippen LogP contribution in [0.2, 0.25) is 5.02 Å². The van der Waals surface area contributed by atoms with Gasteiger partial charge >= 0.3 is 0 Å². The third-order valence-corrected chi connectivity index (χ3v) is 4.77. The van der Waals surface area contributed by atoms with Crippen LogP contribution in [-0.2, 0) is 10.0 Å². The molecule has 7 heteroatoms. The van der Waals surface area contributed by atoms with Crippen molar-refractivity contribution in [3.8, 4) is 11.5 Å². The van der Waals surface area contributed by atoms with Crippen molar-refractivity contribution in [3.05, 3.63) is 47.5 Å². The number of hydrogen-bond donors (Lipinski definition) is 1. The summed E-state index contributed by atoms with van der Waals surface area (Å²) in [6, 6.07) is 10.9. The maximum absolute atomic E-state index is 12.3. The number of fused-ring (bicyclic) bond motifs is 1. The Kier molecular flexibility index (Phi) is 4.13. The van der Waals surface area contributed by atoms with E-state index >= 15 is 0 Å². The van der Waals surface area contributed by atoms with Crippen LogP contribution in [0.15, 0.2) is 47.4 Å². The molecular weight excluding hydrogens is 326 g/mol. The van der Waals surface area contributed by atoms with E-state index in [4.69, 9.17) is 21.1 Å². The van der Waals surface area contributed by atoms with E-state index in [2.05, 4.69) is 4.72 Å². The summed E-state index contributed by atoms with van der Waals surface area (Å²) in [7, 11) is -3.67. The first kappa shape index (κ1) is 15.0. The van der Waals surface area contributed by atoms with Crippen LogP contribution in [-0.4, -0.2) is 21.6 Å². The maximum Gasteiger partial charge on any atom is 0.261 e. The SMILES string of the molecule is O=S(=O)(Nc1ccc2c(c1)OCCCO2)c1ccc(Cl)cc1. The van der Waals surface area contributed by atoms with Gasteiger partial charge in [-0.15, -0.1) is 0 Å². The quantitative estimate of drug-likeness (QED) is 0.931. The molecule has 0 aromatic heterocycles. The molecule has 0 aliphatic carbocycles. The third-order valence-electron chi connectivity index (χ3n) is 3.12. The van der Waals surface area contributed by atoms with E-state index in [0.29, 0.717) is 35.4 Å². The van der Waals surface area contributed by atoms with Gasteiger partial charge in [-0.3, -0.25) is 4.72 Å². The Labute approximate surface area is 133 Å². The predicted octanol–water partition coefficient (Wildman–Crippen LogP) is 3.30. The molecule has 0 radical (unpaired) electrons. The average molecular weight is 340 g/mol. The summed E-state index contributed by atoms with van der Waals surface area (Å²) in [5.41, 5.74) is 0.416. The minimum Gasteiger partial charge on any atom is -0.490 e. The fraction of sp³-hybridized carbons (Fsp3) is 0.200. The van der Waals surface area contributed by atoms with E-state index in [1.54, 1.807) is 18.2 Å². The van der Waals surface area contributed by atoms with Crippen LogP contribution in [0.1, 0.15) is 6.42 Å². The molecule has 1 aliphatic heterocycles. The number of anilines is 1. The van der Waals surface area contributed by atoms with Crippen molar-refractivity contribution < 1.29 is 17.9 Å². The van der Waals surface area contributed by atoms with Crippen LogP contribution in [0.5, 0.6) is 11.5 Å². The van der Waals surface area contributed by atoms with Gasteiger partial charge in [0.25, 0.3) is 10.0 Å². The molecule has 3 rings (SSSR count). The summed E-state index contributed by atoms with van der Waals surface area (Å²) in [5, 5.41) is 0.481. The Hall–Kier alpha value is -1.92. The largest absolute Gasteiger partial charge is 0.490 e. The minimum atomic E-state index is -3.67. The molecule has 0 saturated heterocycles. The molecule has 0 spiro atoms. The first-order chi connectivity index (χ1) is 10.5. The molecule has 5 nitrogen and oxygen atoms in total. The van der Waals surface area contributed by atoms with Crippen LogP contribution in [0.25, 0.3) is 0 Å². The second-order valence-corrected chi connectivity index (χ2v) is 6.89. The Morgan fingerprint density at radius 1 is 0.955 bits per heavy atom. The lowest BCUT2D eigenvalue weighted by atomic mass is 10.3. The van der Waals surface area contributed by atoms with Crippen molar-refractivity contribution in [2.75, 3.05) is 17.9 Å². The second-order valence-electron chi connectivity index (χ2n) is 4.77. The molecule has 1 aliphatic rings. The highest BCUT2D eigenvalue weighted by Gasteiger charge is 2.16. The summed E-state index contributed by atoms with van der Waals surface area (Å²) >= 11 is 5.77. The summed E-state index contributed by atoms with van der Waals surface area (Å²) in [6.45, 7) is 1.13. The number of nitrogens with one attached hydrogen (secondary N) is 1. The van der Waals surface area contributed by atoms with Gasteiger partial charge in [-0.05, 0) is 36.4 Å². The monoisotopic (exact) mass is 339 g/mol. The zero-order valence-corrected chi connectivity index (χ0v) is 13.2. The molecule has 2 aromatic carbocycles. The summed E-state index contributed by atoms with van der Waals surface area (Å²) in [6.07, 6.45) is 0.792. The standard InChI is InChI=1S/C15H14ClNO4S/c16-11-2-5-13(6-3-11)22(18,19)17-12-4-7-14-15(10-12)21-9-1-8-20-14/h2-7,10,17H,1,8-9H2. The number of hydrogen-bond acceptors (Lipinski definition) is 4. The smallest absolute Gasteiger partial charge is 0.261 e. The molecule has 22 heavy (non-hydrogen) atoms. The maximum atomic E-state index is 12.3. The van der Waals surface area contributed by atoms with E-state index in [-0.39, 0.29) is 4.90 Å². The van der Waals surface area contributed by atoms with Crippen LogP contribution in [0, 0.1) is 0 Å². The van der Waals surface area contributed by atoms with Gasteiger partial charge in [0.1, 0.15) is 0 Å². The second kappa shape index (κ2) is 6.06. The van der Waals surface area contributed by atoms with Gasteiger partial charge in [-0.2, -0.15) is 0 Å². The highest BCUT2D eigenvalue weighted by atomic mass is 35.5. The number of ether oxygens (including phenoxy) is 2. The fourth-order valence-corrected chi connectivity index (χ4v) is 3.23. The Morgan fingerprint density at radius 3 is 2.36 bits per heavy atom. The lowest BCUT2D eigenvalue weighted by Crippen LogP contribution is -2.12. The van der Waals surface area contributed by atoms with Crippen molar-refractivity contribution in [3.63, 3.8) is 0 Å². The Bertz CT molecular complexity index is 775. The van der Waals surface area contributed by atoms with Crippen molar-refractivity contribution in [1.82, 2.24) is 0 Å². The molecule has 116 valence electrons. The van der Waals surface area contributed by atoms with E-state index < -0.39 is 10.0 Å². The van der Waals surface area contributed by atoms with Gasteiger partial charge in [0.15, 0.2) is 11.5 Å². The fourth-order valence-electron chi connectivity index (χ4n) is 2.05. The molecule has 0 saturated carbocycles. The highest BCUT2D eigenvalue weighted by molar-refractivity contribution is 7.92. The van der Waals surface area contributed by atoms with Crippen molar-refractivity contribution in [2.45, 2.75) is 11.3 Å². The van der Waals surface area contributed by atoms with Crippen molar-refractivity contribution >= 4 is 27.3 Å². The van der Waals surface area contributed by atoms with Gasteiger partial charge < -0.3 is 9.47 Å². The van der Waals surface area contributed by atoms with Crippen LogP contribution in [0.4, 0.5) is 5.69 Å². The first-order valence-electron chi connectivity index (χ1n) is 6.73. The molecule has 0 fully saturated rings. The van der Waals surface area contributed by atoms with Crippen LogP contribution >= 0.6 is 11.6 Å². The summed E-state index contributed by atoms with van der Waals surface area (Å²) in [5.74, 6) is 1.15. The summed E-state index contributed by atoms with van der Waals surface area (Å²) < 4.78 is 38.2. The average Bonchev–Trinajstić information content (AvgIpc) is 2.72. The van der Waals surface area contributed by atoms with Gasteiger partial charge in [-0.25, -0.2) is 8.42 Å². The molecule has 0 unspecified atom stereocenters. The zero-order chi connectivity index (χ0) is 15.6.